The van der Waals surface area contributed by atoms with Gasteiger partial charge in [-0.1, -0.05) is 48.0 Å². The fourth-order valence-electron chi connectivity index (χ4n) is 3.19. The number of benzene rings is 2. The Morgan fingerprint density at radius 3 is 2.67 bits per heavy atom. The van der Waals surface area contributed by atoms with Crippen molar-refractivity contribution in [1.82, 2.24) is 0 Å². The molecular weight excluding hydrogens is 322 g/mol. The first-order chi connectivity index (χ1) is 11.5. The van der Waals surface area contributed by atoms with Gasteiger partial charge in [0.05, 0.1) is 17.5 Å². The maximum atomic E-state index is 12.8. The minimum Gasteiger partial charge on any atom is -0.388 e. The SMILES string of the molecule is Cc1ccc2c(c1)C(O)CCN2S(=O)(=O)CCCc1ccccc1. The van der Waals surface area contributed by atoms with E-state index in [4.69, 9.17) is 0 Å². The fourth-order valence-corrected chi connectivity index (χ4v) is 4.77. The first-order valence-electron chi connectivity index (χ1n) is 8.30. The number of aryl methyl sites for hydroxylation is 2. The second kappa shape index (κ2) is 6.95. The zero-order valence-corrected chi connectivity index (χ0v) is 14.7. The molecule has 1 atom stereocenters. The van der Waals surface area contributed by atoms with Crippen LogP contribution >= 0.6 is 0 Å². The van der Waals surface area contributed by atoms with Gasteiger partial charge in [0.15, 0.2) is 0 Å². The molecule has 0 bridgehead atoms. The first kappa shape index (κ1) is 17.0. The molecule has 0 spiro atoms. The van der Waals surface area contributed by atoms with Crippen LogP contribution in [0.2, 0.25) is 0 Å². The summed E-state index contributed by atoms with van der Waals surface area (Å²) in [6.07, 6.45) is 1.19. The highest BCUT2D eigenvalue weighted by Gasteiger charge is 2.30. The molecule has 0 saturated carbocycles. The Kier molecular flexibility index (Phi) is 4.92. The summed E-state index contributed by atoms with van der Waals surface area (Å²) in [6, 6.07) is 15.5. The van der Waals surface area contributed by atoms with Gasteiger partial charge in [0.1, 0.15) is 0 Å². The molecule has 1 aliphatic heterocycles. The third-order valence-electron chi connectivity index (χ3n) is 4.46. The van der Waals surface area contributed by atoms with Crippen LogP contribution in [0.3, 0.4) is 0 Å². The van der Waals surface area contributed by atoms with Crippen LogP contribution in [0.5, 0.6) is 0 Å². The molecule has 2 aromatic carbocycles. The van der Waals surface area contributed by atoms with E-state index in [9.17, 15) is 13.5 Å². The third-order valence-corrected chi connectivity index (χ3v) is 6.32. The predicted molar refractivity (Wildman–Crippen MR) is 96.7 cm³/mol. The summed E-state index contributed by atoms with van der Waals surface area (Å²) in [7, 11) is -3.38. The van der Waals surface area contributed by atoms with E-state index in [1.165, 1.54) is 4.31 Å². The molecule has 0 aliphatic carbocycles. The summed E-state index contributed by atoms with van der Waals surface area (Å²) in [5, 5.41) is 10.2. The largest absolute Gasteiger partial charge is 0.388 e. The molecular formula is C19H23NO3S. The van der Waals surface area contributed by atoms with Gasteiger partial charge in [-0.2, -0.15) is 0 Å². The van der Waals surface area contributed by atoms with E-state index < -0.39 is 16.1 Å². The summed E-state index contributed by atoms with van der Waals surface area (Å²) in [5.41, 5.74) is 3.51. The maximum absolute atomic E-state index is 12.8. The summed E-state index contributed by atoms with van der Waals surface area (Å²) < 4.78 is 27.0. The molecule has 1 heterocycles. The molecule has 128 valence electrons. The lowest BCUT2D eigenvalue weighted by Crippen LogP contribution is -2.38. The van der Waals surface area contributed by atoms with E-state index in [2.05, 4.69) is 0 Å². The standard InChI is InChI=1S/C19H23NO3S/c1-15-9-10-18-17(14-15)19(21)11-12-20(18)24(22,23)13-5-8-16-6-3-2-4-7-16/h2-4,6-7,9-10,14,19,21H,5,8,11-13H2,1H3. The summed E-state index contributed by atoms with van der Waals surface area (Å²) >= 11 is 0. The molecule has 3 rings (SSSR count). The second-order valence-electron chi connectivity index (χ2n) is 6.34. The quantitative estimate of drug-likeness (QED) is 0.905. The first-order valence-corrected chi connectivity index (χ1v) is 9.91. The fraction of sp³-hybridized carbons (Fsp3) is 0.368. The van der Waals surface area contributed by atoms with Gasteiger partial charge in [-0.15, -0.1) is 0 Å². The molecule has 24 heavy (non-hydrogen) atoms. The highest BCUT2D eigenvalue weighted by Crippen LogP contribution is 2.36. The Bertz CT molecular complexity index is 803. The molecule has 0 radical (unpaired) electrons. The van der Waals surface area contributed by atoms with Crippen molar-refractivity contribution in [1.29, 1.82) is 0 Å². The Morgan fingerprint density at radius 2 is 1.92 bits per heavy atom. The number of aliphatic hydroxyl groups excluding tert-OH is 1. The van der Waals surface area contributed by atoms with Crippen LogP contribution in [0.25, 0.3) is 0 Å². The van der Waals surface area contributed by atoms with Gasteiger partial charge >= 0.3 is 0 Å². The molecule has 5 heteroatoms. The van der Waals surface area contributed by atoms with E-state index in [0.29, 0.717) is 30.6 Å². The molecule has 0 aromatic heterocycles. The maximum Gasteiger partial charge on any atom is 0.235 e. The van der Waals surface area contributed by atoms with Crippen LogP contribution in [0, 0.1) is 6.92 Å². The van der Waals surface area contributed by atoms with Gasteiger partial charge in [0.2, 0.25) is 10.0 Å². The van der Waals surface area contributed by atoms with Crippen molar-refractivity contribution in [2.75, 3.05) is 16.6 Å². The Labute approximate surface area is 143 Å². The molecule has 2 aromatic rings. The van der Waals surface area contributed by atoms with Gasteiger partial charge < -0.3 is 5.11 Å². The number of hydrogen-bond acceptors (Lipinski definition) is 3. The zero-order valence-electron chi connectivity index (χ0n) is 13.9. The van der Waals surface area contributed by atoms with Crippen molar-refractivity contribution >= 4 is 15.7 Å². The third kappa shape index (κ3) is 3.62. The lowest BCUT2D eigenvalue weighted by atomic mass is 9.99. The van der Waals surface area contributed by atoms with Crippen molar-refractivity contribution in [2.45, 2.75) is 32.3 Å². The van der Waals surface area contributed by atoms with Gasteiger partial charge in [-0.05, 0) is 37.8 Å². The molecule has 0 fully saturated rings. The monoisotopic (exact) mass is 345 g/mol. The number of nitrogens with zero attached hydrogens (tertiary/aromatic N) is 1. The van der Waals surface area contributed by atoms with Crippen molar-refractivity contribution in [3.63, 3.8) is 0 Å². The summed E-state index contributed by atoms with van der Waals surface area (Å²) in [5.74, 6) is 0.116. The average molecular weight is 345 g/mol. The van der Waals surface area contributed by atoms with Gasteiger partial charge in [-0.25, -0.2) is 8.42 Å². The minimum absolute atomic E-state index is 0.116. The van der Waals surface area contributed by atoms with Crippen LogP contribution in [-0.2, 0) is 16.4 Å². The van der Waals surface area contributed by atoms with Crippen LogP contribution in [-0.4, -0.2) is 25.8 Å². The number of aliphatic hydroxyl groups is 1. The molecule has 1 unspecified atom stereocenters. The smallest absolute Gasteiger partial charge is 0.235 e. The van der Waals surface area contributed by atoms with E-state index in [1.807, 2.05) is 55.5 Å². The number of hydrogen-bond donors (Lipinski definition) is 1. The predicted octanol–water partition coefficient (Wildman–Crippen LogP) is 3.20. The lowest BCUT2D eigenvalue weighted by Gasteiger charge is -2.33. The van der Waals surface area contributed by atoms with Crippen LogP contribution in [0.15, 0.2) is 48.5 Å². The van der Waals surface area contributed by atoms with Crippen molar-refractivity contribution in [3.8, 4) is 0 Å². The van der Waals surface area contributed by atoms with E-state index >= 15 is 0 Å². The molecule has 0 saturated heterocycles. The van der Waals surface area contributed by atoms with E-state index in [1.54, 1.807) is 0 Å². The second-order valence-corrected chi connectivity index (χ2v) is 8.36. The van der Waals surface area contributed by atoms with Crippen molar-refractivity contribution < 1.29 is 13.5 Å². The Morgan fingerprint density at radius 1 is 1.17 bits per heavy atom. The highest BCUT2D eigenvalue weighted by atomic mass is 32.2. The summed E-state index contributed by atoms with van der Waals surface area (Å²) in [4.78, 5) is 0. The minimum atomic E-state index is -3.38. The van der Waals surface area contributed by atoms with Gasteiger partial charge in [0.25, 0.3) is 0 Å². The summed E-state index contributed by atoms with van der Waals surface area (Å²) in [6.45, 7) is 2.28. The number of sulfonamides is 1. The van der Waals surface area contributed by atoms with Gasteiger partial charge in [-0.3, -0.25) is 4.31 Å². The van der Waals surface area contributed by atoms with Crippen molar-refractivity contribution in [2.24, 2.45) is 0 Å². The Balaban J connectivity index is 1.74. The van der Waals surface area contributed by atoms with E-state index in [0.717, 1.165) is 17.5 Å². The van der Waals surface area contributed by atoms with Gasteiger partial charge in [0, 0.05) is 12.1 Å². The Hall–Kier alpha value is -1.85. The lowest BCUT2D eigenvalue weighted by molar-refractivity contribution is 0.166. The van der Waals surface area contributed by atoms with Crippen LogP contribution < -0.4 is 4.31 Å². The normalized spacial score (nSPS) is 17.6. The van der Waals surface area contributed by atoms with Crippen LogP contribution in [0.1, 0.15) is 35.6 Å². The number of rotatable bonds is 5. The van der Waals surface area contributed by atoms with E-state index in [-0.39, 0.29) is 5.75 Å². The topological polar surface area (TPSA) is 57.6 Å². The molecule has 0 amide bonds. The zero-order chi connectivity index (χ0) is 17.2. The highest BCUT2D eigenvalue weighted by molar-refractivity contribution is 7.92. The molecule has 1 N–H and O–H groups in total. The molecule has 1 aliphatic rings. The van der Waals surface area contributed by atoms with Crippen LogP contribution in [0.4, 0.5) is 5.69 Å². The number of fused-ring (bicyclic) bond motifs is 1. The average Bonchev–Trinajstić information content (AvgIpc) is 2.56. The number of anilines is 1. The molecule has 4 nitrogen and oxygen atoms in total. The van der Waals surface area contributed by atoms with Crippen molar-refractivity contribution in [3.05, 3.63) is 65.2 Å².